The van der Waals surface area contributed by atoms with Crippen molar-refractivity contribution in [2.45, 2.75) is 30.7 Å². The molecule has 0 spiro atoms. The zero-order valence-electron chi connectivity index (χ0n) is 14.3. The first-order chi connectivity index (χ1) is 12.4. The van der Waals surface area contributed by atoms with E-state index in [1.54, 1.807) is 17.0 Å². The molecule has 0 bridgehead atoms. The van der Waals surface area contributed by atoms with Crippen molar-refractivity contribution in [3.05, 3.63) is 59.7 Å². The Balaban J connectivity index is 1.54. The molecule has 0 aliphatic carbocycles. The van der Waals surface area contributed by atoms with Crippen LogP contribution in [0, 0.1) is 0 Å². The molecule has 2 aliphatic heterocycles. The van der Waals surface area contributed by atoms with Crippen LogP contribution in [0.25, 0.3) is 0 Å². The Hall–Kier alpha value is -2.67. The lowest BCUT2D eigenvalue weighted by Gasteiger charge is -2.24. The van der Waals surface area contributed by atoms with Gasteiger partial charge in [-0.15, -0.1) is 0 Å². The molecule has 2 aliphatic rings. The number of nitrogens with zero attached hydrogens (tertiary/aromatic N) is 2. The quantitative estimate of drug-likeness (QED) is 0.830. The molecule has 2 amide bonds. The van der Waals surface area contributed by atoms with Gasteiger partial charge in [-0.3, -0.25) is 9.59 Å². The number of fused-ring (bicyclic) bond motifs is 2. The van der Waals surface area contributed by atoms with E-state index in [-0.39, 0.29) is 35.4 Å². The summed E-state index contributed by atoms with van der Waals surface area (Å²) in [6.07, 6.45) is 0.728. The predicted molar refractivity (Wildman–Crippen MR) is 96.4 cm³/mol. The average Bonchev–Trinajstić information content (AvgIpc) is 3.05. The van der Waals surface area contributed by atoms with Gasteiger partial charge < -0.3 is 4.90 Å². The lowest BCUT2D eigenvalue weighted by atomic mass is 10.1. The number of benzene rings is 2. The highest BCUT2D eigenvalue weighted by molar-refractivity contribution is 7.90. The van der Waals surface area contributed by atoms with Crippen molar-refractivity contribution in [2.24, 2.45) is 0 Å². The number of carbonyl (C=O) groups excluding carboxylic acids is 2. The van der Waals surface area contributed by atoms with Crippen molar-refractivity contribution >= 4 is 27.5 Å². The molecule has 2 aromatic rings. The van der Waals surface area contributed by atoms with Crippen molar-refractivity contribution in [1.29, 1.82) is 0 Å². The molecule has 2 heterocycles. The third kappa shape index (κ3) is 2.42. The molecule has 7 heteroatoms. The van der Waals surface area contributed by atoms with Gasteiger partial charge in [-0.2, -0.15) is 0 Å². The zero-order valence-corrected chi connectivity index (χ0v) is 15.1. The van der Waals surface area contributed by atoms with E-state index in [9.17, 15) is 18.0 Å². The molecule has 0 saturated carbocycles. The molecule has 0 saturated heterocycles. The molecule has 0 aromatic heterocycles. The highest BCUT2D eigenvalue weighted by atomic mass is 32.2. The summed E-state index contributed by atoms with van der Waals surface area (Å²) in [5, 5.41) is 0. The molecule has 2 aromatic carbocycles. The second-order valence-corrected chi connectivity index (χ2v) is 8.40. The Morgan fingerprint density at radius 2 is 1.81 bits per heavy atom. The lowest BCUT2D eigenvalue weighted by molar-refractivity contribution is -0.118. The van der Waals surface area contributed by atoms with Crippen molar-refractivity contribution in [2.75, 3.05) is 11.4 Å². The van der Waals surface area contributed by atoms with E-state index < -0.39 is 15.9 Å². The minimum absolute atomic E-state index is 0.0114. The number of sulfonamides is 1. The van der Waals surface area contributed by atoms with Crippen LogP contribution in [0.5, 0.6) is 0 Å². The molecule has 0 N–H and O–H groups in total. The van der Waals surface area contributed by atoms with Crippen molar-refractivity contribution in [1.82, 2.24) is 4.31 Å². The lowest BCUT2D eigenvalue weighted by Crippen LogP contribution is -2.39. The maximum atomic E-state index is 12.8. The molecular formula is C19H18N2O4S. The summed E-state index contributed by atoms with van der Waals surface area (Å²) in [4.78, 5) is 26.9. The third-order valence-corrected chi connectivity index (χ3v) is 6.76. The van der Waals surface area contributed by atoms with Crippen LogP contribution in [0.15, 0.2) is 53.4 Å². The molecule has 0 fully saturated rings. The smallest absolute Gasteiger partial charge is 0.269 e. The SMILES string of the molecule is C[C@@H]1Cc2ccccc2N1C(=O)CCN1C(=O)c2ccccc2S1(=O)=O. The van der Waals surface area contributed by atoms with Crippen LogP contribution in [0.1, 0.15) is 29.3 Å². The number of rotatable bonds is 3. The van der Waals surface area contributed by atoms with Gasteiger partial charge in [-0.1, -0.05) is 30.3 Å². The highest BCUT2D eigenvalue weighted by Crippen LogP contribution is 2.33. The fraction of sp³-hybridized carbons (Fsp3) is 0.263. The Kier molecular flexibility index (Phi) is 3.84. The zero-order chi connectivity index (χ0) is 18.5. The van der Waals surface area contributed by atoms with Crippen molar-refractivity contribution < 1.29 is 18.0 Å². The highest BCUT2D eigenvalue weighted by Gasteiger charge is 2.41. The fourth-order valence-corrected chi connectivity index (χ4v) is 5.28. The summed E-state index contributed by atoms with van der Waals surface area (Å²) in [5.74, 6) is -0.746. The van der Waals surface area contributed by atoms with Crippen LogP contribution in [-0.4, -0.2) is 37.1 Å². The Bertz CT molecular complexity index is 1020. The molecular weight excluding hydrogens is 352 g/mol. The average molecular weight is 370 g/mol. The van der Waals surface area contributed by atoms with E-state index in [2.05, 4.69) is 0 Å². The number of hydrogen-bond acceptors (Lipinski definition) is 4. The van der Waals surface area contributed by atoms with Gasteiger partial charge in [0, 0.05) is 24.7 Å². The maximum Gasteiger partial charge on any atom is 0.269 e. The van der Waals surface area contributed by atoms with Gasteiger partial charge in [0.15, 0.2) is 0 Å². The number of para-hydroxylation sites is 1. The van der Waals surface area contributed by atoms with Gasteiger partial charge in [-0.05, 0) is 37.1 Å². The molecule has 26 heavy (non-hydrogen) atoms. The minimum Gasteiger partial charge on any atom is -0.309 e. The third-order valence-electron chi connectivity index (χ3n) is 4.92. The van der Waals surface area contributed by atoms with Crippen LogP contribution in [0.2, 0.25) is 0 Å². The number of hydrogen-bond donors (Lipinski definition) is 0. The summed E-state index contributed by atoms with van der Waals surface area (Å²) in [5.41, 5.74) is 2.13. The summed E-state index contributed by atoms with van der Waals surface area (Å²) in [6.45, 7) is 1.81. The topological polar surface area (TPSA) is 74.8 Å². The minimum atomic E-state index is -3.88. The summed E-state index contributed by atoms with van der Waals surface area (Å²) in [6, 6.07) is 13.8. The van der Waals surface area contributed by atoms with E-state index >= 15 is 0 Å². The van der Waals surface area contributed by atoms with Crippen LogP contribution in [0.4, 0.5) is 5.69 Å². The second kappa shape index (κ2) is 5.95. The van der Waals surface area contributed by atoms with E-state index in [4.69, 9.17) is 0 Å². The van der Waals surface area contributed by atoms with Crippen molar-refractivity contribution in [3.63, 3.8) is 0 Å². The molecule has 6 nitrogen and oxygen atoms in total. The molecule has 1 atom stereocenters. The van der Waals surface area contributed by atoms with Gasteiger partial charge in [-0.25, -0.2) is 12.7 Å². The Morgan fingerprint density at radius 3 is 2.58 bits per heavy atom. The van der Waals surface area contributed by atoms with E-state index in [0.29, 0.717) is 0 Å². The molecule has 4 rings (SSSR count). The van der Waals surface area contributed by atoms with Crippen LogP contribution in [0.3, 0.4) is 0 Å². The largest absolute Gasteiger partial charge is 0.309 e. The number of carbonyl (C=O) groups is 2. The first kappa shape index (κ1) is 16.8. The van der Waals surface area contributed by atoms with Crippen molar-refractivity contribution in [3.8, 4) is 0 Å². The standard InChI is InChI=1S/C19H18N2O4S/c1-13-12-14-6-2-4-8-16(14)21(13)18(22)10-11-20-19(23)15-7-3-5-9-17(15)26(20,24)25/h2-9,13H,10-12H2,1H3/t13-/m1/s1. The summed E-state index contributed by atoms with van der Waals surface area (Å²) < 4.78 is 26.0. The Labute approximate surface area is 152 Å². The first-order valence-corrected chi connectivity index (χ1v) is 9.91. The molecule has 134 valence electrons. The van der Waals surface area contributed by atoms with E-state index in [1.165, 1.54) is 12.1 Å². The molecule has 0 unspecified atom stereocenters. The number of amides is 2. The normalized spacial score (nSPS) is 20.2. The predicted octanol–water partition coefficient (Wildman–Crippen LogP) is 2.20. The summed E-state index contributed by atoms with van der Waals surface area (Å²) >= 11 is 0. The van der Waals surface area contributed by atoms with Gasteiger partial charge in [0.05, 0.1) is 5.56 Å². The molecule has 0 radical (unpaired) electrons. The number of anilines is 1. The van der Waals surface area contributed by atoms with Crippen LogP contribution >= 0.6 is 0 Å². The first-order valence-electron chi connectivity index (χ1n) is 8.47. The van der Waals surface area contributed by atoms with Gasteiger partial charge in [0.1, 0.15) is 4.90 Å². The maximum absolute atomic E-state index is 12.8. The summed E-state index contributed by atoms with van der Waals surface area (Å²) in [7, 11) is -3.88. The second-order valence-electron chi connectivity index (χ2n) is 6.57. The van der Waals surface area contributed by atoms with E-state index in [1.807, 2.05) is 31.2 Å². The van der Waals surface area contributed by atoms with Gasteiger partial charge >= 0.3 is 0 Å². The fourth-order valence-electron chi connectivity index (χ4n) is 3.72. The van der Waals surface area contributed by atoms with Crippen LogP contribution in [-0.2, 0) is 21.2 Å². The van der Waals surface area contributed by atoms with E-state index in [0.717, 1.165) is 22.0 Å². The monoisotopic (exact) mass is 370 g/mol. The van der Waals surface area contributed by atoms with Gasteiger partial charge in [0.25, 0.3) is 15.9 Å². The Morgan fingerprint density at radius 1 is 1.12 bits per heavy atom. The van der Waals surface area contributed by atoms with Gasteiger partial charge in [0.2, 0.25) is 5.91 Å². The van der Waals surface area contributed by atoms with Crippen LogP contribution < -0.4 is 4.90 Å².